The minimum absolute atomic E-state index is 0.446. The number of pyridine rings is 1. The summed E-state index contributed by atoms with van der Waals surface area (Å²) in [6.07, 6.45) is 3.49. The van der Waals surface area contributed by atoms with Gasteiger partial charge in [0.05, 0.1) is 17.8 Å². The van der Waals surface area contributed by atoms with Crippen molar-refractivity contribution in [3.63, 3.8) is 0 Å². The van der Waals surface area contributed by atoms with Gasteiger partial charge in [0, 0.05) is 17.3 Å². The summed E-state index contributed by atoms with van der Waals surface area (Å²) in [7, 11) is 0. The zero-order chi connectivity index (χ0) is 12.8. The fourth-order valence-corrected chi connectivity index (χ4v) is 2.36. The van der Waals surface area contributed by atoms with Crippen LogP contribution < -0.4 is 4.74 Å². The second kappa shape index (κ2) is 3.58. The van der Waals surface area contributed by atoms with Gasteiger partial charge in [-0.3, -0.25) is 4.98 Å². The lowest BCUT2D eigenvalue weighted by atomic mass is 9.86. The van der Waals surface area contributed by atoms with Crippen LogP contribution in [0.5, 0.6) is 5.75 Å². The maximum absolute atomic E-state index is 9.00. The summed E-state index contributed by atoms with van der Waals surface area (Å²) in [5.74, 6) is 0.791. The van der Waals surface area contributed by atoms with Gasteiger partial charge < -0.3 is 4.74 Å². The van der Waals surface area contributed by atoms with Crippen molar-refractivity contribution in [2.24, 2.45) is 0 Å². The lowest BCUT2D eigenvalue weighted by molar-refractivity contribution is 0.105. The van der Waals surface area contributed by atoms with Crippen LogP contribution in [-0.4, -0.2) is 4.98 Å². The largest absolute Gasteiger partial charge is 0.481 e. The molecule has 18 heavy (non-hydrogen) atoms. The topological polar surface area (TPSA) is 45.9 Å². The summed E-state index contributed by atoms with van der Waals surface area (Å²) >= 11 is 0. The van der Waals surface area contributed by atoms with E-state index in [0.29, 0.717) is 5.56 Å². The van der Waals surface area contributed by atoms with Gasteiger partial charge in [-0.05, 0) is 37.6 Å². The Kier molecular flexibility index (Phi) is 2.14. The molecule has 1 aromatic carbocycles. The van der Waals surface area contributed by atoms with E-state index in [1.807, 2.05) is 38.1 Å². The minimum Gasteiger partial charge on any atom is -0.481 e. The van der Waals surface area contributed by atoms with Crippen LogP contribution in [0.15, 0.2) is 36.7 Å². The molecule has 0 radical (unpaired) electrons. The highest BCUT2D eigenvalue weighted by atomic mass is 16.5. The van der Waals surface area contributed by atoms with E-state index in [2.05, 4.69) is 11.1 Å². The highest BCUT2D eigenvalue weighted by Crippen LogP contribution is 2.44. The van der Waals surface area contributed by atoms with Gasteiger partial charge in [-0.25, -0.2) is 0 Å². The van der Waals surface area contributed by atoms with Crippen molar-refractivity contribution in [2.45, 2.75) is 19.4 Å². The number of aromatic nitrogens is 1. The van der Waals surface area contributed by atoms with Gasteiger partial charge >= 0.3 is 0 Å². The molecule has 0 saturated heterocycles. The fraction of sp³-hybridized carbons (Fsp3) is 0.200. The second-order valence-corrected chi connectivity index (χ2v) is 4.86. The Hall–Kier alpha value is -2.34. The summed E-state index contributed by atoms with van der Waals surface area (Å²) < 4.78 is 5.97. The molecule has 0 amide bonds. The molecule has 1 aliphatic rings. The number of rotatable bonds is 0. The maximum atomic E-state index is 9.00. The third-order valence-electron chi connectivity index (χ3n) is 3.24. The molecule has 3 rings (SSSR count). The zero-order valence-corrected chi connectivity index (χ0v) is 10.3. The first-order valence-electron chi connectivity index (χ1n) is 5.80. The first-order chi connectivity index (χ1) is 8.62. The Labute approximate surface area is 106 Å². The number of hydrogen-bond acceptors (Lipinski definition) is 3. The van der Waals surface area contributed by atoms with Gasteiger partial charge in [0.25, 0.3) is 0 Å². The molecular weight excluding hydrogens is 224 g/mol. The van der Waals surface area contributed by atoms with Crippen molar-refractivity contribution in [3.05, 3.63) is 47.8 Å². The number of fused-ring (bicyclic) bond motifs is 3. The average Bonchev–Trinajstić information content (AvgIpc) is 2.38. The molecule has 3 nitrogen and oxygen atoms in total. The molecule has 2 aromatic rings. The van der Waals surface area contributed by atoms with Crippen LogP contribution in [0.25, 0.3) is 11.1 Å². The Morgan fingerprint density at radius 2 is 2.06 bits per heavy atom. The summed E-state index contributed by atoms with van der Waals surface area (Å²) in [6, 6.07) is 9.83. The molecule has 0 aliphatic carbocycles. The van der Waals surface area contributed by atoms with Gasteiger partial charge in [-0.2, -0.15) is 5.26 Å². The van der Waals surface area contributed by atoms with E-state index in [9.17, 15) is 0 Å². The molecule has 2 heterocycles. The first-order valence-corrected chi connectivity index (χ1v) is 5.80. The van der Waals surface area contributed by atoms with Crippen LogP contribution in [0.3, 0.4) is 0 Å². The molecule has 1 aromatic heterocycles. The third-order valence-corrected chi connectivity index (χ3v) is 3.24. The quantitative estimate of drug-likeness (QED) is 0.705. The van der Waals surface area contributed by atoms with Crippen LogP contribution in [0.1, 0.15) is 25.0 Å². The molecule has 88 valence electrons. The van der Waals surface area contributed by atoms with E-state index in [1.165, 1.54) is 0 Å². The van der Waals surface area contributed by atoms with E-state index < -0.39 is 5.60 Å². The van der Waals surface area contributed by atoms with Gasteiger partial charge in [-0.1, -0.05) is 6.07 Å². The molecule has 1 aliphatic heterocycles. The van der Waals surface area contributed by atoms with Crippen molar-refractivity contribution >= 4 is 0 Å². The molecule has 0 saturated carbocycles. The smallest absolute Gasteiger partial charge is 0.146 e. The summed E-state index contributed by atoms with van der Waals surface area (Å²) in [5, 5.41) is 9.00. The normalized spacial score (nSPS) is 14.9. The monoisotopic (exact) mass is 236 g/mol. The number of ether oxygens (including phenoxy) is 1. The van der Waals surface area contributed by atoms with Crippen molar-refractivity contribution in [1.29, 1.82) is 5.26 Å². The standard InChI is InChI=1S/C15H12N2O/c1-15(2)13-7-10(8-16)3-4-11(13)12-5-6-17-9-14(12)18-15/h3-7,9H,1-2H3. The first kappa shape index (κ1) is 10.8. The third kappa shape index (κ3) is 1.46. The van der Waals surface area contributed by atoms with Crippen LogP contribution in [0.2, 0.25) is 0 Å². The Morgan fingerprint density at radius 1 is 1.22 bits per heavy atom. The van der Waals surface area contributed by atoms with E-state index in [-0.39, 0.29) is 0 Å². The maximum Gasteiger partial charge on any atom is 0.146 e. The van der Waals surface area contributed by atoms with Crippen LogP contribution in [-0.2, 0) is 5.60 Å². The summed E-state index contributed by atoms with van der Waals surface area (Å²) in [5.41, 5.74) is 3.40. The van der Waals surface area contributed by atoms with Gasteiger partial charge in [-0.15, -0.1) is 0 Å². The Bertz CT molecular complexity index is 668. The highest BCUT2D eigenvalue weighted by Gasteiger charge is 2.32. The van der Waals surface area contributed by atoms with E-state index >= 15 is 0 Å². The van der Waals surface area contributed by atoms with Crippen molar-refractivity contribution in [3.8, 4) is 22.9 Å². The van der Waals surface area contributed by atoms with Crippen LogP contribution >= 0.6 is 0 Å². The molecule has 0 spiro atoms. The summed E-state index contributed by atoms with van der Waals surface area (Å²) in [4.78, 5) is 4.09. The predicted molar refractivity (Wildman–Crippen MR) is 68.0 cm³/mol. The zero-order valence-electron chi connectivity index (χ0n) is 10.3. The lowest BCUT2D eigenvalue weighted by Crippen LogP contribution is -2.29. The highest BCUT2D eigenvalue weighted by molar-refractivity contribution is 5.76. The Morgan fingerprint density at radius 3 is 2.83 bits per heavy atom. The molecule has 0 bridgehead atoms. The van der Waals surface area contributed by atoms with Gasteiger partial charge in [0.15, 0.2) is 0 Å². The fourth-order valence-electron chi connectivity index (χ4n) is 2.36. The van der Waals surface area contributed by atoms with E-state index in [4.69, 9.17) is 10.00 Å². The lowest BCUT2D eigenvalue weighted by Gasteiger charge is -2.34. The Balaban J connectivity index is 2.32. The van der Waals surface area contributed by atoms with Crippen molar-refractivity contribution < 1.29 is 4.74 Å². The second-order valence-electron chi connectivity index (χ2n) is 4.86. The van der Waals surface area contributed by atoms with Crippen LogP contribution in [0.4, 0.5) is 0 Å². The summed E-state index contributed by atoms with van der Waals surface area (Å²) in [6.45, 7) is 4.01. The predicted octanol–water partition coefficient (Wildman–Crippen LogP) is 3.25. The molecule has 0 atom stereocenters. The van der Waals surface area contributed by atoms with E-state index in [1.54, 1.807) is 12.4 Å². The molecule has 0 fully saturated rings. The number of hydrogen-bond donors (Lipinski definition) is 0. The molecule has 0 N–H and O–H groups in total. The SMILES string of the molecule is CC1(C)Oc2cnccc2-c2ccc(C#N)cc21. The minimum atomic E-state index is -0.446. The molecule has 3 heteroatoms. The number of benzene rings is 1. The van der Waals surface area contributed by atoms with Gasteiger partial charge in [0.2, 0.25) is 0 Å². The molecular formula is C15H12N2O. The van der Waals surface area contributed by atoms with Crippen molar-refractivity contribution in [2.75, 3.05) is 0 Å². The van der Waals surface area contributed by atoms with Crippen LogP contribution in [0, 0.1) is 11.3 Å². The number of nitrogens with zero attached hydrogens (tertiary/aromatic N) is 2. The van der Waals surface area contributed by atoms with Gasteiger partial charge in [0.1, 0.15) is 11.4 Å². The molecule has 0 unspecified atom stereocenters. The number of nitriles is 1. The van der Waals surface area contributed by atoms with Crippen molar-refractivity contribution in [1.82, 2.24) is 4.98 Å². The van der Waals surface area contributed by atoms with E-state index in [0.717, 1.165) is 22.4 Å². The average molecular weight is 236 g/mol.